The van der Waals surface area contributed by atoms with Gasteiger partial charge in [0.2, 0.25) is 0 Å². The highest BCUT2D eigenvalue weighted by Gasteiger charge is 2.06. The summed E-state index contributed by atoms with van der Waals surface area (Å²) in [6.45, 7) is -1.47. The topological polar surface area (TPSA) is 33.1 Å². The van der Waals surface area contributed by atoms with Crippen molar-refractivity contribution >= 4 is 15.9 Å². The van der Waals surface area contributed by atoms with Crippen LogP contribution in [0.25, 0.3) is 0 Å². The van der Waals surface area contributed by atoms with E-state index in [9.17, 15) is 5.11 Å². The van der Waals surface area contributed by atoms with Crippen LogP contribution >= 0.6 is 15.9 Å². The molecule has 0 aliphatic rings. The first-order valence-electron chi connectivity index (χ1n) is 6.26. The molecule has 0 bridgehead atoms. The lowest BCUT2D eigenvalue weighted by Gasteiger charge is -2.07. The van der Waals surface area contributed by atoms with Crippen LogP contribution in [0.1, 0.15) is 38.8 Å². The van der Waals surface area contributed by atoms with Crippen molar-refractivity contribution in [1.82, 2.24) is 4.98 Å². The van der Waals surface area contributed by atoms with Gasteiger partial charge in [0.1, 0.15) is 0 Å². The van der Waals surface area contributed by atoms with Crippen LogP contribution in [0.4, 0.5) is 0 Å². The Morgan fingerprint density at radius 2 is 2.75 bits per heavy atom. The minimum Gasteiger partial charge on any atom is -0.387 e. The van der Waals surface area contributed by atoms with Crippen LogP contribution in [0.15, 0.2) is 16.7 Å². The Kier molecular flexibility index (Phi) is 1.40. The summed E-state index contributed by atoms with van der Waals surface area (Å²) in [7, 11) is 0. The van der Waals surface area contributed by atoms with Gasteiger partial charge in [-0.1, -0.05) is 6.85 Å². The Morgan fingerprint density at radius 1 is 2.00 bits per heavy atom. The minimum absolute atomic E-state index is 0.343. The monoisotopic (exact) mass is 235 g/mol. The fourth-order valence-corrected chi connectivity index (χ4v) is 0.950. The zero-order valence-electron chi connectivity index (χ0n) is 12.4. The van der Waals surface area contributed by atoms with E-state index in [1.54, 1.807) is 6.92 Å². The number of aromatic nitrogens is 1. The van der Waals surface area contributed by atoms with Gasteiger partial charge in [0, 0.05) is 17.5 Å². The van der Waals surface area contributed by atoms with Gasteiger partial charge in [-0.2, -0.15) is 0 Å². The maximum atomic E-state index is 9.92. The molecule has 1 N–H and O–H groups in total. The summed E-state index contributed by atoms with van der Waals surface area (Å²) in [6, 6.07) is 1.28. The standard InChI is InChI=1S/C9H12BrNO/c1-3-9(12)8-4-6(2)7(10)5-11-8/h4-5,9,12H,3H2,1-2H3/i1D3,3D2,9D. The highest BCUT2D eigenvalue weighted by Crippen LogP contribution is 2.19. The van der Waals surface area contributed by atoms with E-state index in [4.69, 9.17) is 8.22 Å². The van der Waals surface area contributed by atoms with Crippen LogP contribution in [0, 0.1) is 6.92 Å². The van der Waals surface area contributed by atoms with Gasteiger partial charge in [-0.05, 0) is 40.9 Å². The zero-order valence-corrected chi connectivity index (χ0v) is 8.01. The number of hydrogen-bond acceptors (Lipinski definition) is 2. The van der Waals surface area contributed by atoms with Gasteiger partial charge in [-0.3, -0.25) is 4.98 Å². The molecule has 1 heterocycles. The van der Waals surface area contributed by atoms with E-state index in [2.05, 4.69) is 20.9 Å². The van der Waals surface area contributed by atoms with Gasteiger partial charge < -0.3 is 5.11 Å². The van der Waals surface area contributed by atoms with E-state index < -0.39 is 19.3 Å². The molecule has 3 heteroatoms. The van der Waals surface area contributed by atoms with E-state index in [1.807, 2.05) is 0 Å². The highest BCUT2D eigenvalue weighted by molar-refractivity contribution is 9.10. The lowest BCUT2D eigenvalue weighted by Crippen LogP contribution is -1.99. The van der Waals surface area contributed by atoms with Crippen molar-refractivity contribution < 1.29 is 13.3 Å². The molecule has 1 unspecified atom stereocenters. The summed E-state index contributed by atoms with van der Waals surface area (Å²) in [5.74, 6) is 0. The number of halogens is 1. The average molecular weight is 236 g/mol. The summed E-state index contributed by atoms with van der Waals surface area (Å²) in [4.78, 5) is 3.72. The minimum atomic E-state index is -3.13. The molecule has 1 atom stereocenters. The number of hydrogen-bond donors (Lipinski definition) is 1. The first kappa shape index (κ1) is 4.20. The summed E-state index contributed by atoms with van der Waals surface area (Å²) < 4.78 is 44.4. The molecule has 0 aromatic carbocycles. The number of aryl methyl sites for hydroxylation is 1. The van der Waals surface area contributed by atoms with E-state index in [0.29, 0.717) is 10.0 Å². The van der Waals surface area contributed by atoms with Crippen molar-refractivity contribution in [3.05, 3.63) is 28.0 Å². The van der Waals surface area contributed by atoms with Crippen LogP contribution in [-0.4, -0.2) is 10.1 Å². The summed E-state index contributed by atoms with van der Waals surface area (Å²) in [6.07, 6.45) is -4.79. The second-order valence-electron chi connectivity index (χ2n) is 2.29. The van der Waals surface area contributed by atoms with Crippen LogP contribution < -0.4 is 0 Å². The van der Waals surface area contributed by atoms with Gasteiger partial charge >= 0.3 is 0 Å². The van der Waals surface area contributed by atoms with Crippen LogP contribution in [0.2, 0.25) is 0 Å². The molecule has 0 aliphatic carbocycles. The molecule has 1 aromatic heterocycles. The second-order valence-corrected chi connectivity index (χ2v) is 3.15. The van der Waals surface area contributed by atoms with Crippen molar-refractivity contribution in [3.63, 3.8) is 0 Å². The fourth-order valence-electron chi connectivity index (χ4n) is 0.733. The third kappa shape index (κ3) is 2.05. The average Bonchev–Trinajstić information content (AvgIpc) is 2.20. The molecule has 0 saturated carbocycles. The largest absolute Gasteiger partial charge is 0.387 e. The Bertz CT molecular complexity index is 459. The molecule has 0 aliphatic heterocycles. The lowest BCUT2D eigenvalue weighted by molar-refractivity contribution is 0.169. The maximum absolute atomic E-state index is 9.92. The molecular weight excluding hydrogens is 218 g/mol. The van der Waals surface area contributed by atoms with Gasteiger partial charge in [0.05, 0.1) is 13.1 Å². The van der Waals surface area contributed by atoms with Gasteiger partial charge in [0.25, 0.3) is 0 Å². The van der Waals surface area contributed by atoms with E-state index in [0.717, 1.165) is 0 Å². The second kappa shape index (κ2) is 4.01. The molecule has 12 heavy (non-hydrogen) atoms. The predicted molar refractivity (Wildman–Crippen MR) is 51.9 cm³/mol. The zero-order chi connectivity index (χ0) is 14.4. The molecular formula is C9H12BrNO. The van der Waals surface area contributed by atoms with Gasteiger partial charge in [-0.25, -0.2) is 0 Å². The van der Waals surface area contributed by atoms with Crippen LogP contribution in [0.3, 0.4) is 0 Å². The third-order valence-corrected chi connectivity index (χ3v) is 2.24. The summed E-state index contributed by atoms with van der Waals surface area (Å²) in [5, 5.41) is 9.92. The molecule has 1 rings (SSSR count). The fraction of sp³-hybridized carbons (Fsp3) is 0.444. The van der Waals surface area contributed by atoms with Crippen molar-refractivity contribution in [2.24, 2.45) is 0 Å². The Morgan fingerprint density at radius 3 is 3.33 bits per heavy atom. The molecule has 66 valence electrons. The molecule has 0 saturated heterocycles. The van der Waals surface area contributed by atoms with Crippen molar-refractivity contribution in [1.29, 1.82) is 0 Å². The van der Waals surface area contributed by atoms with Crippen molar-refractivity contribution in [2.45, 2.75) is 26.2 Å². The lowest BCUT2D eigenvalue weighted by atomic mass is 10.1. The van der Waals surface area contributed by atoms with Gasteiger partial charge in [0.15, 0.2) is 0 Å². The molecule has 0 radical (unpaired) electrons. The number of pyridine rings is 1. The van der Waals surface area contributed by atoms with E-state index in [-0.39, 0.29) is 5.69 Å². The Labute approximate surface area is 89.2 Å². The summed E-state index contributed by atoms with van der Waals surface area (Å²) >= 11 is 3.18. The third-order valence-electron chi connectivity index (χ3n) is 1.41. The quantitative estimate of drug-likeness (QED) is 0.856. The van der Waals surface area contributed by atoms with E-state index in [1.165, 1.54) is 12.3 Å². The number of rotatable bonds is 2. The molecule has 0 fully saturated rings. The van der Waals surface area contributed by atoms with E-state index >= 15 is 0 Å². The Balaban J connectivity index is 3.33. The summed E-state index contributed by atoms with van der Waals surface area (Å²) in [5.41, 5.74) is 0.274. The Hall–Kier alpha value is -0.410. The number of nitrogens with zero attached hydrogens (tertiary/aromatic N) is 1. The molecule has 1 aromatic rings. The SMILES string of the molecule is [2H]C([2H])([2H])C([2H])([2H])C([2H])(O)c1cc(C)c(Br)cn1. The van der Waals surface area contributed by atoms with Crippen LogP contribution in [0.5, 0.6) is 0 Å². The first-order chi connectivity index (χ1) is 7.91. The predicted octanol–water partition coefficient (Wildman–Crippen LogP) is 2.60. The number of aliphatic hydroxyl groups is 1. The van der Waals surface area contributed by atoms with Crippen LogP contribution in [-0.2, 0) is 0 Å². The first-order valence-corrected chi connectivity index (χ1v) is 4.05. The maximum Gasteiger partial charge on any atom is 0.0957 e. The normalized spacial score (nSPS) is 25.2. The molecule has 0 amide bonds. The van der Waals surface area contributed by atoms with Crippen molar-refractivity contribution in [2.75, 3.05) is 0 Å². The van der Waals surface area contributed by atoms with Gasteiger partial charge in [-0.15, -0.1) is 0 Å². The smallest absolute Gasteiger partial charge is 0.0957 e. The molecule has 0 spiro atoms. The molecule has 2 nitrogen and oxygen atoms in total. The highest BCUT2D eigenvalue weighted by atomic mass is 79.9. The van der Waals surface area contributed by atoms with Crippen molar-refractivity contribution in [3.8, 4) is 0 Å².